The van der Waals surface area contributed by atoms with Crippen LogP contribution in [0, 0.1) is 57.7 Å². The minimum absolute atomic E-state index is 0.0103. The minimum atomic E-state index is -1.78. The van der Waals surface area contributed by atoms with Crippen LogP contribution in [0.5, 0.6) is 0 Å². The van der Waals surface area contributed by atoms with Crippen LogP contribution in [0.25, 0.3) is 0 Å². The normalized spacial score (nSPS) is 40.0. The Morgan fingerprint density at radius 2 is 1.71 bits per heavy atom. The number of hydrogen-bond acceptors (Lipinski definition) is 12. The van der Waals surface area contributed by atoms with Gasteiger partial charge >= 0.3 is 23.9 Å². The maximum absolute atomic E-state index is 13.7. The van der Waals surface area contributed by atoms with E-state index >= 15 is 0 Å². The summed E-state index contributed by atoms with van der Waals surface area (Å²) in [6.07, 6.45) is 12.2. The second-order valence-electron chi connectivity index (χ2n) is 21.3. The summed E-state index contributed by atoms with van der Waals surface area (Å²) in [7, 11) is 0. The van der Waals surface area contributed by atoms with Gasteiger partial charge in [-0.2, -0.15) is 0 Å². The van der Waals surface area contributed by atoms with Crippen LogP contribution in [0.2, 0.25) is 0 Å². The molecule has 0 radical (unpaired) electrons. The zero-order valence-electron chi connectivity index (χ0n) is 38.0. The summed E-state index contributed by atoms with van der Waals surface area (Å²) in [6.45, 7) is 13.5. The van der Waals surface area contributed by atoms with Gasteiger partial charge in [-0.05, 0) is 131 Å². The molecule has 0 bridgehead atoms. The van der Waals surface area contributed by atoms with E-state index in [1.54, 1.807) is 6.08 Å². The SMILES string of the molecule is CCC(C)(C)C(=O)O[C@@H]1C[C@H](C)C=C2C=C[C@@H](C)[C@@H](CC[C@@H]3C[C@H](OC(=O)CCC(=O)OCC(=O)[C@@]4(O)CC[C@H]5[C@@H]6CCC7=CC(=O)CC[C@]7(C)[C@H]6[C@@H](O)C[C@@]54C)CC(=O)O3)[C@@H]21. The molecule has 7 aliphatic rings. The number of ketones is 2. The number of carbonyl (C=O) groups excluding carboxylic acids is 6. The van der Waals surface area contributed by atoms with E-state index in [-0.39, 0.29) is 96.8 Å². The molecule has 0 aromatic carbocycles. The number of aliphatic hydroxyl groups excluding tert-OH is 1. The quantitative estimate of drug-likeness (QED) is 0.140. The average Bonchev–Trinajstić information content (AvgIpc) is 3.48. The lowest BCUT2D eigenvalue weighted by molar-refractivity contribution is -0.184. The predicted octanol–water partition coefficient (Wildman–Crippen LogP) is 7.26. The molecule has 62 heavy (non-hydrogen) atoms. The van der Waals surface area contributed by atoms with Gasteiger partial charge in [0.25, 0.3) is 0 Å². The Labute approximate surface area is 367 Å². The molecular formula is C50H70O12. The van der Waals surface area contributed by atoms with Crippen LogP contribution in [-0.4, -0.2) is 82.3 Å². The van der Waals surface area contributed by atoms with Crippen LogP contribution in [0.3, 0.4) is 0 Å². The van der Waals surface area contributed by atoms with Gasteiger partial charge in [0.05, 0.1) is 30.8 Å². The molecule has 0 aromatic rings. The summed E-state index contributed by atoms with van der Waals surface area (Å²) in [5.41, 5.74) is -1.28. The van der Waals surface area contributed by atoms with E-state index in [1.165, 1.54) is 5.57 Å². The van der Waals surface area contributed by atoms with Crippen molar-refractivity contribution >= 4 is 35.4 Å². The topological polar surface area (TPSA) is 180 Å². The fraction of sp³-hybridized carbons (Fsp3) is 0.760. The molecule has 1 saturated heterocycles. The highest BCUT2D eigenvalue weighted by molar-refractivity contribution is 5.92. The number of fused-ring (bicyclic) bond motifs is 6. The summed E-state index contributed by atoms with van der Waals surface area (Å²) in [6, 6.07) is 0. The third-order valence-corrected chi connectivity index (χ3v) is 17.0. The van der Waals surface area contributed by atoms with E-state index in [1.807, 2.05) is 27.7 Å². The molecule has 0 unspecified atom stereocenters. The fourth-order valence-corrected chi connectivity index (χ4v) is 13.1. The number of rotatable bonds is 13. The standard InChI is InChI=1S/C50H70O12/c1-8-47(4,5)46(57)62-39-22-28(2)21-30-10-9-29(3)35(44(30)39)14-12-33-24-34(25-43(56)60-33)61-42(55)16-15-41(54)59-27-40(53)50(58)20-18-37-36-13-11-31-23-32(51)17-19-48(31,6)45(36)38(52)26-49(37,50)7/h9-10,21,23,28-29,33-39,44-45,52,58H,8,11-20,22,24-27H2,1-7H3/t28-,29-,33-,34+,35-,36+,37+,38+,39-,44-,45-,48+,49+,50+/m1/s1. The predicted molar refractivity (Wildman–Crippen MR) is 228 cm³/mol. The van der Waals surface area contributed by atoms with Crippen molar-refractivity contribution in [1.82, 2.24) is 0 Å². The summed E-state index contributed by atoms with van der Waals surface area (Å²) >= 11 is 0. The van der Waals surface area contributed by atoms with Crippen molar-refractivity contribution in [3.63, 3.8) is 0 Å². The number of esters is 4. The summed E-state index contributed by atoms with van der Waals surface area (Å²) in [5.74, 6) is -1.90. The first-order valence-electron chi connectivity index (χ1n) is 23.5. The van der Waals surface area contributed by atoms with Crippen molar-refractivity contribution < 1.29 is 57.9 Å². The highest BCUT2D eigenvalue weighted by Crippen LogP contribution is 2.67. The maximum atomic E-state index is 13.7. The summed E-state index contributed by atoms with van der Waals surface area (Å²) < 4.78 is 23.0. The zero-order chi connectivity index (χ0) is 44.9. The van der Waals surface area contributed by atoms with Gasteiger partial charge in [-0.25, -0.2) is 0 Å². The van der Waals surface area contributed by atoms with Gasteiger partial charge in [0.1, 0.15) is 23.9 Å². The maximum Gasteiger partial charge on any atom is 0.311 e. The number of carbonyl (C=O) groups is 6. The smallest absolute Gasteiger partial charge is 0.311 e. The van der Waals surface area contributed by atoms with Crippen molar-refractivity contribution in [2.75, 3.05) is 6.61 Å². The van der Waals surface area contributed by atoms with E-state index in [0.717, 1.165) is 24.8 Å². The molecule has 4 fully saturated rings. The largest absolute Gasteiger partial charge is 0.462 e. The Kier molecular flexibility index (Phi) is 13.3. The highest BCUT2D eigenvalue weighted by atomic mass is 16.6. The number of hydrogen-bond donors (Lipinski definition) is 2. The molecule has 6 aliphatic carbocycles. The molecule has 2 N–H and O–H groups in total. The van der Waals surface area contributed by atoms with Gasteiger partial charge in [0.15, 0.2) is 12.4 Å². The van der Waals surface area contributed by atoms with E-state index in [4.69, 9.17) is 18.9 Å². The Balaban J connectivity index is 0.884. The van der Waals surface area contributed by atoms with Gasteiger partial charge in [0, 0.05) is 24.2 Å². The van der Waals surface area contributed by atoms with E-state index < -0.39 is 65.0 Å². The first-order chi connectivity index (χ1) is 29.2. The van der Waals surface area contributed by atoms with Gasteiger partial charge < -0.3 is 29.2 Å². The average molecular weight is 863 g/mol. The number of aliphatic hydroxyl groups is 2. The van der Waals surface area contributed by atoms with Crippen molar-refractivity contribution in [1.29, 1.82) is 0 Å². The molecule has 14 atom stereocenters. The van der Waals surface area contributed by atoms with Crippen LogP contribution < -0.4 is 0 Å². The number of ether oxygens (including phenoxy) is 4. The molecule has 1 heterocycles. The van der Waals surface area contributed by atoms with Crippen molar-refractivity contribution in [3.05, 3.63) is 35.5 Å². The Morgan fingerprint density at radius 1 is 0.968 bits per heavy atom. The van der Waals surface area contributed by atoms with Crippen LogP contribution in [0.15, 0.2) is 35.5 Å². The lowest BCUT2D eigenvalue weighted by atomic mass is 9.45. The first-order valence-corrected chi connectivity index (χ1v) is 23.5. The molecule has 7 rings (SSSR count). The molecule has 1 aliphatic heterocycles. The monoisotopic (exact) mass is 862 g/mol. The van der Waals surface area contributed by atoms with E-state index in [9.17, 15) is 39.0 Å². The van der Waals surface area contributed by atoms with Crippen molar-refractivity contribution in [2.24, 2.45) is 57.7 Å². The fourth-order valence-electron chi connectivity index (χ4n) is 13.1. The van der Waals surface area contributed by atoms with Gasteiger partial charge in [-0.1, -0.05) is 58.4 Å². The van der Waals surface area contributed by atoms with Crippen molar-refractivity contribution in [2.45, 2.75) is 175 Å². The third kappa shape index (κ3) is 8.77. The van der Waals surface area contributed by atoms with E-state index in [0.29, 0.717) is 44.9 Å². The lowest BCUT2D eigenvalue weighted by Gasteiger charge is -2.60. The zero-order valence-corrected chi connectivity index (χ0v) is 38.0. The number of cyclic esters (lactones) is 1. The van der Waals surface area contributed by atoms with Crippen LogP contribution in [0.4, 0.5) is 0 Å². The van der Waals surface area contributed by atoms with Crippen LogP contribution in [-0.2, 0) is 47.7 Å². The summed E-state index contributed by atoms with van der Waals surface area (Å²) in [5, 5.41) is 23.7. The lowest BCUT2D eigenvalue weighted by Crippen LogP contribution is -2.62. The minimum Gasteiger partial charge on any atom is -0.462 e. The van der Waals surface area contributed by atoms with Crippen LogP contribution >= 0.6 is 0 Å². The van der Waals surface area contributed by atoms with Gasteiger partial charge in [0.2, 0.25) is 5.78 Å². The molecular weight excluding hydrogens is 793 g/mol. The molecule has 0 amide bonds. The molecule has 12 heteroatoms. The summed E-state index contributed by atoms with van der Waals surface area (Å²) in [4.78, 5) is 77.7. The van der Waals surface area contributed by atoms with Crippen molar-refractivity contribution in [3.8, 4) is 0 Å². The Morgan fingerprint density at radius 3 is 2.45 bits per heavy atom. The number of allylic oxidation sites excluding steroid dienone is 4. The van der Waals surface area contributed by atoms with Crippen LogP contribution in [0.1, 0.15) is 145 Å². The molecule has 0 spiro atoms. The molecule has 3 saturated carbocycles. The molecule has 0 aromatic heterocycles. The second-order valence-corrected chi connectivity index (χ2v) is 21.3. The second kappa shape index (κ2) is 17.7. The Hall–Kier alpha value is -3.64. The highest BCUT2D eigenvalue weighted by Gasteiger charge is 2.68. The van der Waals surface area contributed by atoms with Gasteiger partial charge in [-0.15, -0.1) is 0 Å². The Bertz CT molecular complexity index is 1890. The van der Waals surface area contributed by atoms with E-state index in [2.05, 4.69) is 39.0 Å². The number of Topliss-reactive ketones (excluding diaryl/α,β-unsaturated/α-hetero) is 1. The molecule has 342 valence electrons. The van der Waals surface area contributed by atoms with Gasteiger partial charge in [-0.3, -0.25) is 28.8 Å². The molecule has 12 nitrogen and oxygen atoms in total. The first kappa shape index (κ1) is 46.4. The third-order valence-electron chi connectivity index (χ3n) is 17.0.